The Hall–Kier alpha value is -0.770. The zero-order valence-electron chi connectivity index (χ0n) is 11.1. The van der Waals surface area contributed by atoms with Gasteiger partial charge in [-0.15, -0.1) is 0 Å². The Bertz CT molecular complexity index is 440. The molecule has 0 amide bonds. The molecule has 0 unspecified atom stereocenters. The lowest BCUT2D eigenvalue weighted by atomic mass is 10.0. The minimum absolute atomic E-state index is 0.147. The van der Waals surface area contributed by atoms with Crippen LogP contribution in [0.15, 0.2) is 18.2 Å². The molecule has 3 rings (SSSR count). The summed E-state index contributed by atoms with van der Waals surface area (Å²) >= 11 is 6.40. The van der Waals surface area contributed by atoms with Crippen molar-refractivity contribution in [3.8, 4) is 0 Å². The molecule has 0 aromatic heterocycles. The number of rotatable bonds is 4. The second-order valence-electron chi connectivity index (χ2n) is 5.62. The van der Waals surface area contributed by atoms with E-state index in [0.717, 1.165) is 43.2 Å². The molecule has 19 heavy (non-hydrogen) atoms. The van der Waals surface area contributed by atoms with Crippen LogP contribution in [0.4, 0.5) is 5.69 Å². The Labute approximate surface area is 119 Å². The molecule has 2 fully saturated rings. The molecule has 1 aromatic carbocycles. The van der Waals surface area contributed by atoms with Crippen molar-refractivity contribution >= 4 is 17.3 Å². The van der Waals surface area contributed by atoms with Crippen LogP contribution in [0.1, 0.15) is 31.2 Å². The van der Waals surface area contributed by atoms with Gasteiger partial charge >= 0.3 is 0 Å². The first-order valence-corrected chi connectivity index (χ1v) is 7.55. The van der Waals surface area contributed by atoms with Crippen molar-refractivity contribution in [1.82, 2.24) is 5.32 Å². The van der Waals surface area contributed by atoms with Gasteiger partial charge in [-0.1, -0.05) is 23.7 Å². The number of nitrogens with one attached hydrogen (secondary N) is 1. The number of nitrogens with zero attached hydrogens (tertiary/aromatic N) is 1. The lowest BCUT2D eigenvalue weighted by molar-refractivity contribution is 0.145. The summed E-state index contributed by atoms with van der Waals surface area (Å²) in [5.74, 6) is 0. The third-order valence-electron chi connectivity index (χ3n) is 4.01. The van der Waals surface area contributed by atoms with Crippen LogP contribution in [0.5, 0.6) is 0 Å². The number of aliphatic hydroxyl groups excluding tert-OH is 1. The maximum atomic E-state index is 9.62. The summed E-state index contributed by atoms with van der Waals surface area (Å²) in [4.78, 5) is 2.32. The van der Waals surface area contributed by atoms with E-state index in [-0.39, 0.29) is 6.10 Å². The van der Waals surface area contributed by atoms with Gasteiger partial charge in [0.05, 0.1) is 16.8 Å². The van der Waals surface area contributed by atoms with E-state index in [2.05, 4.69) is 16.3 Å². The van der Waals surface area contributed by atoms with Crippen LogP contribution in [-0.2, 0) is 6.54 Å². The van der Waals surface area contributed by atoms with Crippen molar-refractivity contribution in [2.45, 2.75) is 44.4 Å². The number of aliphatic hydroxyl groups is 1. The maximum absolute atomic E-state index is 9.62. The fourth-order valence-electron chi connectivity index (χ4n) is 2.69. The number of hydrogen-bond donors (Lipinski definition) is 2. The molecule has 2 aliphatic rings. The molecule has 0 radical (unpaired) electrons. The largest absolute Gasteiger partial charge is 0.393 e. The smallest absolute Gasteiger partial charge is 0.0642 e. The van der Waals surface area contributed by atoms with E-state index in [1.807, 2.05) is 12.1 Å². The van der Waals surface area contributed by atoms with E-state index in [0.29, 0.717) is 6.04 Å². The second kappa shape index (κ2) is 5.70. The first kappa shape index (κ1) is 13.2. The number of halogens is 1. The molecule has 1 aromatic rings. The summed E-state index contributed by atoms with van der Waals surface area (Å²) in [5.41, 5.74) is 2.43. The zero-order chi connectivity index (χ0) is 13.2. The van der Waals surface area contributed by atoms with E-state index in [1.54, 1.807) is 0 Å². The highest BCUT2D eigenvalue weighted by Crippen LogP contribution is 2.32. The van der Waals surface area contributed by atoms with E-state index in [4.69, 9.17) is 11.6 Å². The Balaban J connectivity index is 1.77. The summed E-state index contributed by atoms with van der Waals surface area (Å²) in [6.45, 7) is 2.67. The van der Waals surface area contributed by atoms with Crippen molar-refractivity contribution in [3.63, 3.8) is 0 Å². The van der Waals surface area contributed by atoms with Gasteiger partial charge in [0.15, 0.2) is 0 Å². The fraction of sp³-hybridized carbons (Fsp3) is 0.600. The predicted octanol–water partition coefficient (Wildman–Crippen LogP) is 2.55. The van der Waals surface area contributed by atoms with E-state index in [9.17, 15) is 5.11 Å². The molecular formula is C15H21ClN2O. The topological polar surface area (TPSA) is 35.5 Å². The molecule has 2 N–H and O–H groups in total. The molecule has 1 saturated carbocycles. The van der Waals surface area contributed by atoms with Crippen LogP contribution in [0.2, 0.25) is 5.02 Å². The SMILES string of the molecule is OC1CCN(c2c(Cl)cccc2CNC2CC2)CC1. The molecular weight excluding hydrogens is 260 g/mol. The van der Waals surface area contributed by atoms with E-state index >= 15 is 0 Å². The minimum Gasteiger partial charge on any atom is -0.393 e. The summed E-state index contributed by atoms with van der Waals surface area (Å²) in [7, 11) is 0. The number of hydrogen-bond acceptors (Lipinski definition) is 3. The zero-order valence-corrected chi connectivity index (χ0v) is 11.9. The summed E-state index contributed by atoms with van der Waals surface area (Å²) in [6.07, 6.45) is 4.12. The van der Waals surface area contributed by atoms with Crippen LogP contribution in [-0.4, -0.2) is 30.3 Å². The quantitative estimate of drug-likeness (QED) is 0.890. The Morgan fingerprint density at radius 1 is 1.21 bits per heavy atom. The van der Waals surface area contributed by atoms with E-state index < -0.39 is 0 Å². The van der Waals surface area contributed by atoms with Crippen molar-refractivity contribution < 1.29 is 5.11 Å². The van der Waals surface area contributed by atoms with Gasteiger partial charge in [0.2, 0.25) is 0 Å². The molecule has 1 aliphatic carbocycles. The molecule has 4 heteroatoms. The third-order valence-corrected chi connectivity index (χ3v) is 4.31. The van der Waals surface area contributed by atoms with Crippen LogP contribution < -0.4 is 10.2 Å². The van der Waals surface area contributed by atoms with Gasteiger partial charge in [-0.3, -0.25) is 0 Å². The fourth-order valence-corrected chi connectivity index (χ4v) is 3.00. The van der Waals surface area contributed by atoms with Gasteiger partial charge < -0.3 is 15.3 Å². The normalized spacial score (nSPS) is 20.8. The Morgan fingerprint density at radius 3 is 2.63 bits per heavy atom. The minimum atomic E-state index is -0.147. The summed E-state index contributed by atoms with van der Waals surface area (Å²) < 4.78 is 0. The molecule has 1 saturated heterocycles. The van der Waals surface area contributed by atoms with Crippen molar-refractivity contribution in [1.29, 1.82) is 0 Å². The first-order valence-electron chi connectivity index (χ1n) is 7.18. The van der Waals surface area contributed by atoms with Crippen molar-refractivity contribution in [2.24, 2.45) is 0 Å². The van der Waals surface area contributed by atoms with Crippen LogP contribution >= 0.6 is 11.6 Å². The Morgan fingerprint density at radius 2 is 1.95 bits per heavy atom. The summed E-state index contributed by atoms with van der Waals surface area (Å²) in [6, 6.07) is 6.84. The lowest BCUT2D eigenvalue weighted by Crippen LogP contribution is -2.36. The summed E-state index contributed by atoms with van der Waals surface area (Å²) in [5, 5.41) is 14.0. The van der Waals surface area contributed by atoms with Gasteiger partial charge in [0, 0.05) is 25.7 Å². The monoisotopic (exact) mass is 280 g/mol. The van der Waals surface area contributed by atoms with Crippen LogP contribution in [0, 0.1) is 0 Å². The van der Waals surface area contributed by atoms with Gasteiger partial charge in [-0.25, -0.2) is 0 Å². The average molecular weight is 281 g/mol. The van der Waals surface area contributed by atoms with E-state index in [1.165, 1.54) is 18.4 Å². The standard InChI is InChI=1S/C15H21ClN2O/c16-14-3-1-2-11(10-17-12-4-5-12)15(14)18-8-6-13(19)7-9-18/h1-3,12-13,17,19H,4-10H2. The number of benzene rings is 1. The van der Waals surface area contributed by atoms with Crippen LogP contribution in [0.3, 0.4) is 0 Å². The second-order valence-corrected chi connectivity index (χ2v) is 6.03. The molecule has 104 valence electrons. The average Bonchev–Trinajstić information content (AvgIpc) is 3.22. The van der Waals surface area contributed by atoms with Gasteiger partial charge in [0.25, 0.3) is 0 Å². The van der Waals surface area contributed by atoms with Crippen molar-refractivity contribution in [3.05, 3.63) is 28.8 Å². The molecule has 3 nitrogen and oxygen atoms in total. The highest BCUT2D eigenvalue weighted by atomic mass is 35.5. The lowest BCUT2D eigenvalue weighted by Gasteiger charge is -2.33. The van der Waals surface area contributed by atoms with Gasteiger partial charge in [0.1, 0.15) is 0 Å². The van der Waals surface area contributed by atoms with Crippen molar-refractivity contribution in [2.75, 3.05) is 18.0 Å². The number of para-hydroxylation sites is 1. The predicted molar refractivity (Wildman–Crippen MR) is 78.8 cm³/mol. The molecule has 0 bridgehead atoms. The molecule has 0 spiro atoms. The molecule has 1 heterocycles. The molecule has 0 atom stereocenters. The number of anilines is 1. The Kier molecular flexibility index (Phi) is 3.96. The first-order chi connectivity index (χ1) is 9.24. The molecule has 1 aliphatic heterocycles. The van der Waals surface area contributed by atoms with Gasteiger partial charge in [-0.2, -0.15) is 0 Å². The maximum Gasteiger partial charge on any atom is 0.0642 e. The van der Waals surface area contributed by atoms with Gasteiger partial charge in [-0.05, 0) is 37.3 Å². The van der Waals surface area contributed by atoms with Crippen LogP contribution in [0.25, 0.3) is 0 Å². The highest BCUT2D eigenvalue weighted by molar-refractivity contribution is 6.33. The number of piperidine rings is 1. The third kappa shape index (κ3) is 3.22. The highest BCUT2D eigenvalue weighted by Gasteiger charge is 2.23.